The molecule has 1 aliphatic carbocycles. The average Bonchev–Trinajstić information content (AvgIpc) is 3.49. The van der Waals surface area contributed by atoms with Crippen LogP contribution in [0.4, 0.5) is 26.3 Å². The summed E-state index contributed by atoms with van der Waals surface area (Å²) in [5, 5.41) is 2.67. The Bertz CT molecular complexity index is 845. The molecule has 1 aromatic rings. The Morgan fingerprint density at radius 2 is 1.71 bits per heavy atom. The van der Waals surface area contributed by atoms with Gasteiger partial charge in [0.05, 0.1) is 23.1 Å². The van der Waals surface area contributed by atoms with Crippen LogP contribution in [-0.4, -0.2) is 43.7 Å². The molecule has 3 aliphatic rings. The van der Waals surface area contributed by atoms with Crippen LogP contribution in [0.15, 0.2) is 18.2 Å². The fourth-order valence-corrected chi connectivity index (χ4v) is 5.24. The van der Waals surface area contributed by atoms with Crippen LogP contribution in [0.1, 0.15) is 55.2 Å². The predicted octanol–water partition coefficient (Wildman–Crippen LogP) is 5.26. The summed E-state index contributed by atoms with van der Waals surface area (Å²) in [6.45, 7) is 3.24. The van der Waals surface area contributed by atoms with Gasteiger partial charge in [0.15, 0.2) is 0 Å². The van der Waals surface area contributed by atoms with Gasteiger partial charge in [-0.25, -0.2) is 0 Å². The van der Waals surface area contributed by atoms with Crippen molar-refractivity contribution in [2.45, 2.75) is 57.4 Å². The molecule has 0 bridgehead atoms. The lowest BCUT2D eigenvalue weighted by Gasteiger charge is -2.31. The Morgan fingerprint density at radius 1 is 1.03 bits per heavy atom. The third-order valence-electron chi connectivity index (χ3n) is 7.16. The second-order valence-electron chi connectivity index (χ2n) is 10.1. The Kier molecular flexibility index (Phi) is 7.20. The van der Waals surface area contributed by atoms with E-state index < -0.39 is 28.9 Å². The molecule has 2 aliphatic heterocycles. The number of rotatable bonds is 7. The summed E-state index contributed by atoms with van der Waals surface area (Å²) in [5.74, 6) is 0.585. The first-order valence-corrected chi connectivity index (χ1v) is 11.8. The maximum Gasteiger partial charge on any atom is 0.416 e. The third-order valence-corrected chi connectivity index (χ3v) is 7.16. The summed E-state index contributed by atoms with van der Waals surface area (Å²) in [4.78, 5) is 15.6. The van der Waals surface area contributed by atoms with Crippen LogP contribution in [0.2, 0.25) is 0 Å². The average molecular weight is 493 g/mol. The second kappa shape index (κ2) is 9.68. The molecule has 0 spiro atoms. The largest absolute Gasteiger partial charge is 0.416 e. The van der Waals surface area contributed by atoms with Crippen LogP contribution in [-0.2, 0) is 28.4 Å². The number of halogens is 6. The van der Waals surface area contributed by atoms with Crippen molar-refractivity contribution in [3.05, 3.63) is 34.9 Å². The van der Waals surface area contributed by atoms with Gasteiger partial charge in [0, 0.05) is 26.2 Å². The molecule has 1 N–H and O–H groups in total. The Balaban J connectivity index is 1.45. The van der Waals surface area contributed by atoms with E-state index in [4.69, 9.17) is 4.74 Å². The van der Waals surface area contributed by atoms with Crippen molar-refractivity contribution in [2.75, 3.05) is 32.8 Å². The van der Waals surface area contributed by atoms with Crippen LogP contribution in [0.25, 0.3) is 0 Å². The first-order chi connectivity index (χ1) is 15.9. The standard InChI is InChI=1S/C24H30F6N2O2/c25-23(26,27)19-8-18(9-20(10-19)24(28,29)30)12-31-21(33)22(11-16-3-4-16)5-6-32(15-22)13-17-2-1-7-34-14-17/h8-10,16-17H,1-7,11-15H2,(H,31,33). The molecule has 2 saturated heterocycles. The zero-order valence-corrected chi connectivity index (χ0v) is 18.9. The van der Waals surface area contributed by atoms with E-state index in [-0.39, 0.29) is 24.1 Å². The number of hydrogen-bond donors (Lipinski definition) is 1. The van der Waals surface area contributed by atoms with Gasteiger partial charge in [0.2, 0.25) is 5.91 Å². The van der Waals surface area contributed by atoms with Gasteiger partial charge in [-0.1, -0.05) is 12.8 Å². The first kappa shape index (κ1) is 25.3. The van der Waals surface area contributed by atoms with E-state index in [0.29, 0.717) is 50.0 Å². The molecule has 0 aromatic heterocycles. The minimum atomic E-state index is -4.91. The molecular weight excluding hydrogens is 462 g/mol. The predicted molar refractivity (Wildman–Crippen MR) is 113 cm³/mol. The summed E-state index contributed by atoms with van der Waals surface area (Å²) in [7, 11) is 0. The number of nitrogens with zero attached hydrogens (tertiary/aromatic N) is 1. The van der Waals surface area contributed by atoms with Crippen LogP contribution in [0, 0.1) is 17.3 Å². The first-order valence-electron chi connectivity index (χ1n) is 11.8. The van der Waals surface area contributed by atoms with Crippen molar-refractivity contribution in [3.8, 4) is 0 Å². The number of amides is 1. The maximum absolute atomic E-state index is 13.3. The molecule has 2 heterocycles. The summed E-state index contributed by atoms with van der Waals surface area (Å²) < 4.78 is 84.5. The van der Waals surface area contributed by atoms with Crippen LogP contribution >= 0.6 is 0 Å². The van der Waals surface area contributed by atoms with Crippen molar-refractivity contribution in [1.29, 1.82) is 0 Å². The topological polar surface area (TPSA) is 41.6 Å². The minimum Gasteiger partial charge on any atom is -0.381 e. The number of ether oxygens (including phenoxy) is 1. The number of carbonyl (C=O) groups excluding carboxylic acids is 1. The van der Waals surface area contributed by atoms with Gasteiger partial charge >= 0.3 is 12.4 Å². The van der Waals surface area contributed by atoms with Crippen LogP contribution < -0.4 is 5.32 Å². The van der Waals surface area contributed by atoms with Crippen molar-refractivity contribution >= 4 is 5.91 Å². The number of likely N-dealkylation sites (tertiary alicyclic amines) is 1. The lowest BCUT2D eigenvalue weighted by molar-refractivity contribution is -0.143. The van der Waals surface area contributed by atoms with E-state index >= 15 is 0 Å². The van der Waals surface area contributed by atoms with Gasteiger partial charge in [-0.2, -0.15) is 26.3 Å². The van der Waals surface area contributed by atoms with Gasteiger partial charge < -0.3 is 15.0 Å². The number of carbonyl (C=O) groups is 1. The van der Waals surface area contributed by atoms with Gasteiger partial charge in [0.1, 0.15) is 0 Å². The second-order valence-corrected chi connectivity index (χ2v) is 10.1. The van der Waals surface area contributed by atoms with Crippen molar-refractivity contribution in [1.82, 2.24) is 10.2 Å². The van der Waals surface area contributed by atoms with E-state index in [2.05, 4.69) is 10.2 Å². The van der Waals surface area contributed by atoms with Crippen LogP contribution in [0.3, 0.4) is 0 Å². The highest BCUT2D eigenvalue weighted by Gasteiger charge is 2.47. The van der Waals surface area contributed by atoms with Gasteiger partial charge in [0.25, 0.3) is 0 Å². The van der Waals surface area contributed by atoms with Crippen molar-refractivity contribution < 1.29 is 35.9 Å². The van der Waals surface area contributed by atoms with Crippen molar-refractivity contribution in [3.63, 3.8) is 0 Å². The van der Waals surface area contributed by atoms with E-state index in [9.17, 15) is 31.1 Å². The molecule has 4 nitrogen and oxygen atoms in total. The molecule has 10 heteroatoms. The molecule has 0 radical (unpaired) electrons. The number of alkyl halides is 6. The molecule has 34 heavy (non-hydrogen) atoms. The maximum atomic E-state index is 13.3. The highest BCUT2D eigenvalue weighted by molar-refractivity contribution is 5.83. The van der Waals surface area contributed by atoms with E-state index in [1.165, 1.54) is 0 Å². The molecule has 190 valence electrons. The van der Waals surface area contributed by atoms with Gasteiger partial charge in [-0.3, -0.25) is 4.79 Å². The highest BCUT2D eigenvalue weighted by Crippen LogP contribution is 2.45. The Morgan fingerprint density at radius 3 is 2.26 bits per heavy atom. The molecule has 1 aromatic carbocycles. The van der Waals surface area contributed by atoms with Crippen molar-refractivity contribution in [2.24, 2.45) is 17.3 Å². The molecular formula is C24H30F6N2O2. The molecule has 3 fully saturated rings. The summed E-state index contributed by atoms with van der Waals surface area (Å²) in [5.41, 5.74) is -3.63. The minimum absolute atomic E-state index is 0.101. The smallest absolute Gasteiger partial charge is 0.381 e. The molecule has 4 rings (SSSR count). The van der Waals surface area contributed by atoms with E-state index in [1.54, 1.807) is 0 Å². The van der Waals surface area contributed by atoms with E-state index in [0.717, 1.165) is 45.4 Å². The number of hydrogen-bond acceptors (Lipinski definition) is 3. The zero-order chi connectivity index (χ0) is 24.6. The monoisotopic (exact) mass is 492 g/mol. The SMILES string of the molecule is O=C(NCc1cc(C(F)(F)F)cc(C(F)(F)F)c1)C1(CC2CC2)CCN(CC2CCCOC2)C1. The molecule has 1 saturated carbocycles. The quantitative estimate of drug-likeness (QED) is 0.528. The Labute approximate surface area is 195 Å². The zero-order valence-electron chi connectivity index (χ0n) is 18.9. The molecule has 2 unspecified atom stereocenters. The normalized spacial score (nSPS) is 26.6. The third kappa shape index (κ3) is 6.24. The molecule has 2 atom stereocenters. The lowest BCUT2D eigenvalue weighted by Crippen LogP contribution is -2.44. The summed E-state index contributed by atoms with van der Waals surface area (Å²) >= 11 is 0. The fourth-order valence-electron chi connectivity index (χ4n) is 5.24. The van der Waals surface area contributed by atoms with Crippen LogP contribution in [0.5, 0.6) is 0 Å². The number of nitrogens with one attached hydrogen (secondary N) is 1. The van der Waals surface area contributed by atoms with Gasteiger partial charge in [-0.05, 0) is 67.8 Å². The number of benzene rings is 1. The molecule has 1 amide bonds. The summed E-state index contributed by atoms with van der Waals surface area (Å²) in [6.07, 6.45) is -4.29. The lowest BCUT2D eigenvalue weighted by atomic mass is 9.80. The summed E-state index contributed by atoms with van der Waals surface area (Å²) in [6, 6.07) is 1.45. The van der Waals surface area contributed by atoms with E-state index in [1.807, 2.05) is 0 Å². The highest BCUT2D eigenvalue weighted by atomic mass is 19.4. The fraction of sp³-hybridized carbons (Fsp3) is 0.708. The van der Waals surface area contributed by atoms with Gasteiger partial charge in [-0.15, -0.1) is 0 Å². The Hall–Kier alpha value is -1.81.